The van der Waals surface area contributed by atoms with E-state index in [2.05, 4.69) is 10.6 Å². The lowest BCUT2D eigenvalue weighted by molar-refractivity contribution is -0.126. The number of carbonyl (C=O) groups excluding carboxylic acids is 3. The van der Waals surface area contributed by atoms with Crippen LogP contribution in [0.4, 0.5) is 5.69 Å². The highest BCUT2D eigenvalue weighted by atomic mass is 32.2. The maximum atomic E-state index is 13.1. The number of thiazole rings is 1. The molecule has 2 aromatic carbocycles. The second-order valence-corrected chi connectivity index (χ2v) is 10.7. The normalized spacial score (nSPS) is 20.4. The lowest BCUT2D eigenvalue weighted by Crippen LogP contribution is -2.32. The second-order valence-electron chi connectivity index (χ2n) is 8.59. The Morgan fingerprint density at radius 3 is 2.61 bits per heavy atom. The van der Waals surface area contributed by atoms with E-state index < -0.39 is 28.9 Å². The van der Waals surface area contributed by atoms with Gasteiger partial charge in [-0.2, -0.15) is 0 Å². The number of aromatic nitrogens is 1. The smallest absolute Gasteiger partial charge is 0.308 e. The summed E-state index contributed by atoms with van der Waals surface area (Å²) in [5.41, 5.74) is 2.30. The number of ether oxygens (including phenoxy) is 1. The molecule has 36 heavy (non-hydrogen) atoms. The van der Waals surface area contributed by atoms with Gasteiger partial charge in [-0.15, -0.1) is 0 Å². The van der Waals surface area contributed by atoms with E-state index in [0.717, 1.165) is 28.7 Å². The standard InChI is InChI=1S/C25H23N3O6S2/c1-3-34-16-10-13(6-9-15(16)29)18-19-20(23(32)27-22(19)31)35-24-21(18)36-25(33)28(24)11-17(30)26-14-7-4-12(2)5-8-14/h4-10,18-20,29H,3,11H2,1-2H3,(H,26,30)(H,27,31,32)/t18-,19+,20-/m0/s1. The Kier molecular flexibility index (Phi) is 6.35. The molecule has 2 aliphatic heterocycles. The monoisotopic (exact) mass is 525 g/mol. The summed E-state index contributed by atoms with van der Waals surface area (Å²) < 4.78 is 6.88. The predicted molar refractivity (Wildman–Crippen MR) is 136 cm³/mol. The third-order valence-corrected chi connectivity index (χ3v) is 8.78. The molecule has 3 amide bonds. The molecule has 1 fully saturated rings. The van der Waals surface area contributed by atoms with Crippen LogP contribution in [0.3, 0.4) is 0 Å². The van der Waals surface area contributed by atoms with Crippen molar-refractivity contribution in [2.75, 3.05) is 11.9 Å². The molecule has 0 bridgehead atoms. The minimum atomic E-state index is -0.750. The first-order chi connectivity index (χ1) is 17.3. The first kappa shape index (κ1) is 24.1. The van der Waals surface area contributed by atoms with Crippen molar-refractivity contribution < 1.29 is 24.2 Å². The average Bonchev–Trinajstić information content (AvgIpc) is 3.30. The number of nitrogens with zero attached hydrogens (tertiary/aromatic N) is 1. The molecule has 0 aliphatic carbocycles. The molecule has 0 spiro atoms. The molecule has 2 aliphatic rings. The number of nitrogens with one attached hydrogen (secondary N) is 2. The fourth-order valence-corrected chi connectivity index (χ4v) is 7.25. The number of amides is 3. The van der Waals surface area contributed by atoms with Gasteiger partial charge in [0.05, 0.1) is 17.6 Å². The van der Waals surface area contributed by atoms with Crippen molar-refractivity contribution in [2.24, 2.45) is 5.92 Å². The maximum absolute atomic E-state index is 13.1. The van der Waals surface area contributed by atoms with Crippen LogP contribution in [0.5, 0.6) is 11.5 Å². The zero-order valence-electron chi connectivity index (χ0n) is 19.4. The molecule has 1 saturated heterocycles. The minimum absolute atomic E-state index is 0.0481. The second kappa shape index (κ2) is 9.47. The Morgan fingerprint density at radius 1 is 1.14 bits per heavy atom. The third kappa shape index (κ3) is 4.28. The molecular weight excluding hydrogens is 502 g/mol. The van der Waals surface area contributed by atoms with Crippen LogP contribution in [0.15, 0.2) is 52.3 Å². The zero-order chi connectivity index (χ0) is 25.6. The number of benzene rings is 2. The molecule has 3 heterocycles. The van der Waals surface area contributed by atoms with Crippen LogP contribution in [0.2, 0.25) is 0 Å². The Hall–Kier alpha value is -3.57. The Labute approximate surface area is 214 Å². The van der Waals surface area contributed by atoms with Crippen molar-refractivity contribution in [3.63, 3.8) is 0 Å². The van der Waals surface area contributed by atoms with E-state index in [4.69, 9.17) is 4.74 Å². The van der Waals surface area contributed by atoms with Crippen molar-refractivity contribution >= 4 is 46.5 Å². The summed E-state index contributed by atoms with van der Waals surface area (Å²) in [5.74, 6) is -2.37. The van der Waals surface area contributed by atoms with Gasteiger partial charge in [-0.25, -0.2) is 0 Å². The summed E-state index contributed by atoms with van der Waals surface area (Å²) in [5, 5.41) is 15.1. The van der Waals surface area contributed by atoms with E-state index in [0.29, 0.717) is 27.8 Å². The average molecular weight is 526 g/mol. The van der Waals surface area contributed by atoms with E-state index in [1.807, 2.05) is 19.1 Å². The van der Waals surface area contributed by atoms with Crippen LogP contribution in [-0.2, 0) is 20.9 Å². The van der Waals surface area contributed by atoms with E-state index in [-0.39, 0.29) is 28.8 Å². The molecule has 0 radical (unpaired) electrons. The molecule has 3 atom stereocenters. The molecule has 1 aromatic heterocycles. The lowest BCUT2D eigenvalue weighted by Gasteiger charge is -2.31. The third-order valence-electron chi connectivity index (χ3n) is 6.17. The topological polar surface area (TPSA) is 127 Å². The number of carbonyl (C=O) groups is 3. The lowest BCUT2D eigenvalue weighted by atomic mass is 9.83. The first-order valence-electron chi connectivity index (χ1n) is 11.3. The molecule has 186 valence electrons. The summed E-state index contributed by atoms with van der Waals surface area (Å²) in [7, 11) is 0. The van der Waals surface area contributed by atoms with Gasteiger partial charge in [-0.3, -0.25) is 29.1 Å². The number of anilines is 1. The van der Waals surface area contributed by atoms with Gasteiger partial charge in [0.1, 0.15) is 11.8 Å². The summed E-state index contributed by atoms with van der Waals surface area (Å²) in [6, 6.07) is 12.1. The molecule has 0 unspecified atom stereocenters. The van der Waals surface area contributed by atoms with Gasteiger partial charge >= 0.3 is 4.87 Å². The van der Waals surface area contributed by atoms with Gasteiger partial charge in [0.25, 0.3) is 0 Å². The number of phenols is 1. The molecule has 3 aromatic rings. The molecule has 5 rings (SSSR count). The van der Waals surface area contributed by atoms with Gasteiger partial charge in [0.15, 0.2) is 11.5 Å². The molecule has 9 nitrogen and oxygen atoms in total. The number of aromatic hydroxyl groups is 1. The SMILES string of the molecule is CCOc1cc([C@@H]2c3sc(=O)n(CC(=O)Nc4ccc(C)cc4)c3S[C@@H]3C(=O)NC(=O)[C@H]23)ccc1O. The minimum Gasteiger partial charge on any atom is -0.504 e. The van der Waals surface area contributed by atoms with Gasteiger partial charge in [-0.1, -0.05) is 46.9 Å². The van der Waals surface area contributed by atoms with E-state index in [1.54, 1.807) is 31.2 Å². The van der Waals surface area contributed by atoms with Gasteiger partial charge < -0.3 is 15.2 Å². The molecule has 0 saturated carbocycles. The predicted octanol–water partition coefficient (Wildman–Crippen LogP) is 2.84. The number of thioether (sulfide) groups is 1. The number of imide groups is 1. The van der Waals surface area contributed by atoms with E-state index in [1.165, 1.54) is 10.6 Å². The first-order valence-corrected chi connectivity index (χ1v) is 13.0. The summed E-state index contributed by atoms with van der Waals surface area (Å²) in [6.07, 6.45) is 0. The largest absolute Gasteiger partial charge is 0.504 e. The van der Waals surface area contributed by atoms with Crippen molar-refractivity contribution in [3.05, 3.63) is 68.1 Å². The molecule has 11 heteroatoms. The van der Waals surface area contributed by atoms with E-state index in [9.17, 15) is 24.3 Å². The Balaban J connectivity index is 1.54. The highest BCUT2D eigenvalue weighted by Gasteiger charge is 2.53. The van der Waals surface area contributed by atoms with Crippen LogP contribution >= 0.6 is 23.1 Å². The number of hydrogen-bond donors (Lipinski definition) is 3. The zero-order valence-corrected chi connectivity index (χ0v) is 21.1. The summed E-state index contributed by atoms with van der Waals surface area (Å²) in [6.45, 7) is 3.83. The summed E-state index contributed by atoms with van der Waals surface area (Å²) in [4.78, 5) is 51.6. The highest BCUT2D eigenvalue weighted by Crippen LogP contribution is 2.52. The number of rotatable bonds is 6. The van der Waals surface area contributed by atoms with Crippen molar-refractivity contribution in [1.29, 1.82) is 0 Å². The fraction of sp³-hybridized carbons (Fsp3) is 0.280. The van der Waals surface area contributed by atoms with E-state index >= 15 is 0 Å². The Morgan fingerprint density at radius 2 is 1.89 bits per heavy atom. The number of phenolic OH excluding ortho intramolecular Hbond substituents is 1. The van der Waals surface area contributed by atoms with Crippen LogP contribution < -0.4 is 20.2 Å². The van der Waals surface area contributed by atoms with Crippen molar-refractivity contribution in [3.8, 4) is 11.5 Å². The number of aryl methyl sites for hydroxylation is 1. The van der Waals surface area contributed by atoms with Crippen LogP contribution in [-0.4, -0.2) is 39.3 Å². The molecular formula is C25H23N3O6S2. The van der Waals surface area contributed by atoms with Crippen molar-refractivity contribution in [1.82, 2.24) is 9.88 Å². The van der Waals surface area contributed by atoms with Crippen LogP contribution in [0.25, 0.3) is 0 Å². The van der Waals surface area contributed by atoms with Gasteiger partial charge in [0, 0.05) is 16.5 Å². The van der Waals surface area contributed by atoms with Gasteiger partial charge in [-0.05, 0) is 43.7 Å². The fourth-order valence-electron chi connectivity index (χ4n) is 4.51. The van der Waals surface area contributed by atoms with Crippen LogP contribution in [0, 0.1) is 12.8 Å². The number of hydrogen-bond acceptors (Lipinski definition) is 8. The number of fused-ring (bicyclic) bond motifs is 2. The van der Waals surface area contributed by atoms with Gasteiger partial charge in [0.2, 0.25) is 17.7 Å². The Bertz CT molecular complexity index is 1430. The highest BCUT2D eigenvalue weighted by molar-refractivity contribution is 8.00. The van der Waals surface area contributed by atoms with Crippen molar-refractivity contribution in [2.45, 2.75) is 36.6 Å². The summed E-state index contributed by atoms with van der Waals surface area (Å²) >= 11 is 2.09. The van der Waals surface area contributed by atoms with Crippen LogP contribution in [0.1, 0.15) is 28.8 Å². The quantitative estimate of drug-likeness (QED) is 0.423. The molecule has 3 N–H and O–H groups in total. The maximum Gasteiger partial charge on any atom is 0.308 e.